The lowest BCUT2D eigenvalue weighted by Gasteiger charge is -2.10. The van der Waals surface area contributed by atoms with Gasteiger partial charge in [-0.25, -0.2) is 4.79 Å². The second-order valence-electron chi connectivity index (χ2n) is 6.07. The van der Waals surface area contributed by atoms with Crippen LogP contribution in [0.3, 0.4) is 0 Å². The van der Waals surface area contributed by atoms with Gasteiger partial charge in [-0.3, -0.25) is 4.57 Å². The van der Waals surface area contributed by atoms with E-state index in [1.807, 2.05) is 85.1 Å². The number of carbonyl (C=O) groups excluding carboxylic acids is 1. The Kier molecular flexibility index (Phi) is 4.12. The molecule has 0 spiro atoms. The first-order valence-corrected chi connectivity index (χ1v) is 8.47. The van der Waals surface area contributed by atoms with Crippen molar-refractivity contribution in [2.45, 2.75) is 0 Å². The lowest BCUT2D eigenvalue weighted by Crippen LogP contribution is -2.19. The molecule has 26 heavy (non-hydrogen) atoms. The molecule has 0 aliphatic carbocycles. The van der Waals surface area contributed by atoms with E-state index in [9.17, 15) is 4.79 Å². The molecule has 1 aromatic heterocycles. The van der Waals surface area contributed by atoms with Gasteiger partial charge in [0.25, 0.3) is 0 Å². The highest BCUT2D eigenvalue weighted by atomic mass is 16.2. The van der Waals surface area contributed by atoms with E-state index >= 15 is 0 Å². The first-order valence-electron chi connectivity index (χ1n) is 8.47. The predicted molar refractivity (Wildman–Crippen MR) is 106 cm³/mol. The molecule has 1 amide bonds. The maximum Gasteiger partial charge on any atom is 0.323 e. The van der Waals surface area contributed by atoms with Crippen molar-refractivity contribution < 1.29 is 4.79 Å². The van der Waals surface area contributed by atoms with Gasteiger partial charge in [-0.1, -0.05) is 91.0 Å². The predicted octanol–water partition coefficient (Wildman–Crippen LogP) is 5.42. The summed E-state index contributed by atoms with van der Waals surface area (Å²) in [5.41, 5.74) is 11.5. The smallest absolute Gasteiger partial charge is 0.323 e. The first-order chi connectivity index (χ1) is 12.8. The van der Waals surface area contributed by atoms with Crippen LogP contribution in [0.4, 0.5) is 4.79 Å². The van der Waals surface area contributed by atoms with Crippen molar-refractivity contribution in [2.24, 2.45) is 5.73 Å². The number of nitrogens with zero attached hydrogens (tertiary/aromatic N) is 1. The van der Waals surface area contributed by atoms with Crippen molar-refractivity contribution in [3.8, 4) is 33.5 Å². The van der Waals surface area contributed by atoms with Crippen LogP contribution in [-0.4, -0.2) is 10.6 Å². The molecule has 4 rings (SSSR count). The van der Waals surface area contributed by atoms with Crippen LogP contribution in [0.1, 0.15) is 0 Å². The molecular formula is C23H18N2O. The topological polar surface area (TPSA) is 48.0 Å². The van der Waals surface area contributed by atoms with E-state index in [4.69, 9.17) is 5.73 Å². The summed E-state index contributed by atoms with van der Waals surface area (Å²) < 4.78 is 1.54. The summed E-state index contributed by atoms with van der Waals surface area (Å²) in [5.74, 6) is 0. The summed E-state index contributed by atoms with van der Waals surface area (Å²) in [4.78, 5) is 12.2. The molecule has 3 heteroatoms. The summed E-state index contributed by atoms with van der Waals surface area (Å²) in [6, 6.07) is 29.5. The largest absolute Gasteiger partial charge is 0.351 e. The van der Waals surface area contributed by atoms with Crippen LogP contribution in [-0.2, 0) is 0 Å². The molecule has 0 unspecified atom stereocenters. The third-order valence-corrected chi connectivity index (χ3v) is 4.44. The highest BCUT2D eigenvalue weighted by Crippen LogP contribution is 2.41. The zero-order valence-electron chi connectivity index (χ0n) is 14.2. The number of primary amides is 1. The Hall–Kier alpha value is -3.59. The molecule has 0 radical (unpaired) electrons. The summed E-state index contributed by atoms with van der Waals surface area (Å²) >= 11 is 0. The van der Waals surface area contributed by atoms with Gasteiger partial charge < -0.3 is 5.73 Å². The van der Waals surface area contributed by atoms with Crippen molar-refractivity contribution in [3.63, 3.8) is 0 Å². The Labute approximate surface area is 152 Å². The van der Waals surface area contributed by atoms with E-state index in [0.29, 0.717) is 0 Å². The maximum absolute atomic E-state index is 12.2. The number of hydrogen-bond donors (Lipinski definition) is 1. The average Bonchev–Trinajstić information content (AvgIpc) is 3.11. The Bertz CT molecular complexity index is 1040. The third kappa shape index (κ3) is 2.80. The zero-order chi connectivity index (χ0) is 17.9. The molecule has 0 aliphatic heterocycles. The molecule has 0 bridgehead atoms. The van der Waals surface area contributed by atoms with Gasteiger partial charge in [0.2, 0.25) is 0 Å². The summed E-state index contributed by atoms with van der Waals surface area (Å²) in [7, 11) is 0. The fourth-order valence-corrected chi connectivity index (χ4v) is 3.29. The Morgan fingerprint density at radius 2 is 1.12 bits per heavy atom. The van der Waals surface area contributed by atoms with Gasteiger partial charge in [0.1, 0.15) is 0 Å². The number of benzene rings is 3. The monoisotopic (exact) mass is 338 g/mol. The third-order valence-electron chi connectivity index (χ3n) is 4.44. The number of rotatable bonds is 3. The molecule has 0 atom stereocenters. The second-order valence-corrected chi connectivity index (χ2v) is 6.07. The fourth-order valence-electron chi connectivity index (χ4n) is 3.29. The van der Waals surface area contributed by atoms with E-state index < -0.39 is 6.03 Å². The molecular weight excluding hydrogens is 320 g/mol. The van der Waals surface area contributed by atoms with Crippen LogP contribution in [0.15, 0.2) is 97.2 Å². The van der Waals surface area contributed by atoms with Crippen molar-refractivity contribution in [1.82, 2.24) is 4.57 Å². The second kappa shape index (κ2) is 6.73. The van der Waals surface area contributed by atoms with Crippen LogP contribution >= 0.6 is 0 Å². The minimum absolute atomic E-state index is 0.497. The van der Waals surface area contributed by atoms with Gasteiger partial charge in [-0.05, 0) is 16.7 Å². The molecule has 4 aromatic rings. The quantitative estimate of drug-likeness (QED) is 0.533. The SMILES string of the molecule is NC(=O)n1cc(-c2ccccc2)c(-c2ccccc2)c1-c1ccccc1. The van der Waals surface area contributed by atoms with E-state index in [0.717, 1.165) is 33.5 Å². The van der Waals surface area contributed by atoms with Crippen molar-refractivity contribution in [3.05, 3.63) is 97.2 Å². The van der Waals surface area contributed by atoms with Gasteiger partial charge in [-0.15, -0.1) is 0 Å². The standard InChI is InChI=1S/C23H18N2O/c24-23(26)25-16-20(17-10-4-1-5-11-17)21(18-12-6-2-7-13-18)22(25)19-14-8-3-9-15-19/h1-16H,(H2,24,26). The van der Waals surface area contributed by atoms with E-state index in [1.54, 1.807) is 4.57 Å². The van der Waals surface area contributed by atoms with Crippen molar-refractivity contribution in [2.75, 3.05) is 0 Å². The molecule has 2 N–H and O–H groups in total. The maximum atomic E-state index is 12.2. The van der Waals surface area contributed by atoms with Gasteiger partial charge in [0.05, 0.1) is 5.69 Å². The molecule has 126 valence electrons. The number of nitrogens with two attached hydrogens (primary N) is 1. The van der Waals surface area contributed by atoms with Gasteiger partial charge in [0, 0.05) is 17.3 Å². The zero-order valence-corrected chi connectivity index (χ0v) is 14.2. The van der Waals surface area contributed by atoms with E-state index in [-0.39, 0.29) is 0 Å². The number of aromatic nitrogens is 1. The van der Waals surface area contributed by atoms with Gasteiger partial charge in [-0.2, -0.15) is 0 Å². The van der Waals surface area contributed by atoms with Crippen LogP contribution in [0.25, 0.3) is 33.5 Å². The Balaban J connectivity index is 2.09. The summed E-state index contributed by atoms with van der Waals surface area (Å²) in [6.45, 7) is 0. The molecule has 3 aromatic carbocycles. The Morgan fingerprint density at radius 1 is 0.654 bits per heavy atom. The van der Waals surface area contributed by atoms with Crippen LogP contribution in [0.2, 0.25) is 0 Å². The van der Waals surface area contributed by atoms with Gasteiger partial charge in [0.15, 0.2) is 0 Å². The van der Waals surface area contributed by atoms with Crippen molar-refractivity contribution in [1.29, 1.82) is 0 Å². The van der Waals surface area contributed by atoms with E-state index in [1.165, 1.54) is 0 Å². The molecule has 3 nitrogen and oxygen atoms in total. The summed E-state index contributed by atoms with van der Waals surface area (Å²) in [5, 5.41) is 0. The highest BCUT2D eigenvalue weighted by Gasteiger charge is 2.21. The molecule has 0 aliphatic rings. The molecule has 0 saturated carbocycles. The number of carbonyl (C=O) groups is 1. The van der Waals surface area contributed by atoms with Crippen LogP contribution in [0, 0.1) is 0 Å². The minimum atomic E-state index is -0.497. The van der Waals surface area contributed by atoms with Gasteiger partial charge >= 0.3 is 6.03 Å². The highest BCUT2D eigenvalue weighted by molar-refractivity contribution is 5.98. The van der Waals surface area contributed by atoms with E-state index in [2.05, 4.69) is 12.1 Å². The summed E-state index contributed by atoms with van der Waals surface area (Å²) in [6.07, 6.45) is 1.84. The molecule has 1 heterocycles. The van der Waals surface area contributed by atoms with Crippen LogP contribution < -0.4 is 5.73 Å². The Morgan fingerprint density at radius 3 is 1.62 bits per heavy atom. The first kappa shape index (κ1) is 15.9. The van der Waals surface area contributed by atoms with Crippen molar-refractivity contribution >= 4 is 6.03 Å². The molecule has 0 fully saturated rings. The fraction of sp³-hybridized carbons (Fsp3) is 0. The average molecular weight is 338 g/mol. The number of hydrogen-bond acceptors (Lipinski definition) is 1. The van der Waals surface area contributed by atoms with Crippen LogP contribution in [0.5, 0.6) is 0 Å². The number of amides is 1. The lowest BCUT2D eigenvalue weighted by atomic mass is 9.94. The minimum Gasteiger partial charge on any atom is -0.351 e. The molecule has 0 saturated heterocycles. The normalized spacial score (nSPS) is 10.6. The lowest BCUT2D eigenvalue weighted by molar-refractivity contribution is 0.250.